The van der Waals surface area contributed by atoms with E-state index in [1.807, 2.05) is 0 Å². The topological polar surface area (TPSA) is 102 Å². The van der Waals surface area contributed by atoms with Crippen molar-refractivity contribution in [2.45, 2.75) is 12.1 Å². The lowest BCUT2D eigenvalue weighted by Gasteiger charge is -2.28. The molecule has 6 nitrogen and oxygen atoms in total. The first-order valence-electron chi connectivity index (χ1n) is 5.99. The van der Waals surface area contributed by atoms with Crippen LogP contribution in [0.2, 0.25) is 0 Å². The Labute approximate surface area is 112 Å². The first-order valence-corrected chi connectivity index (χ1v) is 5.99. The van der Waals surface area contributed by atoms with Gasteiger partial charge in [0.25, 0.3) is 5.91 Å². The normalized spacial score (nSPS) is 11.4. The second-order valence-corrected chi connectivity index (χ2v) is 4.38. The van der Waals surface area contributed by atoms with Crippen LogP contribution in [-0.4, -0.2) is 53.6 Å². The molecule has 0 radical (unpaired) electrons. The van der Waals surface area contributed by atoms with Crippen LogP contribution in [0.4, 0.5) is 0 Å². The van der Waals surface area contributed by atoms with Crippen molar-refractivity contribution in [3.05, 3.63) is 35.4 Å². The van der Waals surface area contributed by atoms with Crippen LogP contribution in [-0.2, 0) is 6.54 Å². The van der Waals surface area contributed by atoms with Gasteiger partial charge in [-0.1, -0.05) is 12.1 Å². The van der Waals surface area contributed by atoms with E-state index in [0.29, 0.717) is 12.1 Å². The molecule has 1 aromatic rings. The van der Waals surface area contributed by atoms with Crippen LogP contribution in [0.25, 0.3) is 0 Å². The SMILES string of the molecule is CNC(=O)c1ccc(CNC(CO)(CO)CO)cc1. The van der Waals surface area contributed by atoms with Gasteiger partial charge in [-0.05, 0) is 17.7 Å². The van der Waals surface area contributed by atoms with E-state index in [9.17, 15) is 4.79 Å². The Morgan fingerprint density at radius 2 is 1.63 bits per heavy atom. The zero-order valence-electron chi connectivity index (χ0n) is 10.9. The van der Waals surface area contributed by atoms with Crippen molar-refractivity contribution in [1.29, 1.82) is 0 Å². The molecule has 0 saturated carbocycles. The Kier molecular flexibility index (Phi) is 5.91. The molecule has 0 heterocycles. The lowest BCUT2D eigenvalue weighted by molar-refractivity contribution is 0.0414. The summed E-state index contributed by atoms with van der Waals surface area (Å²) in [7, 11) is 1.57. The molecule has 0 saturated heterocycles. The molecule has 19 heavy (non-hydrogen) atoms. The van der Waals surface area contributed by atoms with E-state index < -0.39 is 5.54 Å². The van der Waals surface area contributed by atoms with Crippen LogP contribution in [0.1, 0.15) is 15.9 Å². The molecule has 0 fully saturated rings. The Morgan fingerprint density at radius 3 is 2.05 bits per heavy atom. The van der Waals surface area contributed by atoms with Crippen molar-refractivity contribution < 1.29 is 20.1 Å². The van der Waals surface area contributed by atoms with Gasteiger partial charge in [-0.15, -0.1) is 0 Å². The van der Waals surface area contributed by atoms with Gasteiger partial charge in [0.2, 0.25) is 0 Å². The summed E-state index contributed by atoms with van der Waals surface area (Å²) >= 11 is 0. The van der Waals surface area contributed by atoms with Crippen molar-refractivity contribution >= 4 is 5.91 Å². The van der Waals surface area contributed by atoms with E-state index in [-0.39, 0.29) is 25.7 Å². The van der Waals surface area contributed by atoms with Crippen molar-refractivity contribution in [2.75, 3.05) is 26.9 Å². The summed E-state index contributed by atoms with van der Waals surface area (Å²) in [6.07, 6.45) is 0. The van der Waals surface area contributed by atoms with Crippen molar-refractivity contribution in [3.8, 4) is 0 Å². The van der Waals surface area contributed by atoms with Gasteiger partial charge in [-0.25, -0.2) is 0 Å². The zero-order valence-corrected chi connectivity index (χ0v) is 10.9. The van der Waals surface area contributed by atoms with Crippen LogP contribution in [0.15, 0.2) is 24.3 Å². The smallest absolute Gasteiger partial charge is 0.251 e. The van der Waals surface area contributed by atoms with Crippen LogP contribution >= 0.6 is 0 Å². The average molecular weight is 268 g/mol. The zero-order chi connectivity index (χ0) is 14.3. The van der Waals surface area contributed by atoms with E-state index in [1.54, 1.807) is 31.3 Å². The quantitative estimate of drug-likeness (QED) is 0.430. The van der Waals surface area contributed by atoms with E-state index in [1.165, 1.54) is 0 Å². The molecule has 5 N–H and O–H groups in total. The summed E-state index contributed by atoms with van der Waals surface area (Å²) in [5, 5.41) is 32.9. The van der Waals surface area contributed by atoms with Gasteiger partial charge in [0, 0.05) is 19.2 Å². The highest BCUT2D eigenvalue weighted by molar-refractivity contribution is 5.93. The van der Waals surface area contributed by atoms with E-state index in [2.05, 4.69) is 10.6 Å². The summed E-state index contributed by atoms with van der Waals surface area (Å²) < 4.78 is 0. The maximum absolute atomic E-state index is 11.4. The molecule has 0 aliphatic carbocycles. The van der Waals surface area contributed by atoms with E-state index >= 15 is 0 Å². The fraction of sp³-hybridized carbons (Fsp3) is 0.462. The predicted octanol–water partition coefficient (Wildman–Crippen LogP) is -1.15. The number of aliphatic hydroxyl groups excluding tert-OH is 3. The van der Waals surface area contributed by atoms with Crippen LogP contribution < -0.4 is 10.6 Å². The summed E-state index contributed by atoms with van der Waals surface area (Å²) in [6, 6.07) is 6.92. The Morgan fingerprint density at radius 1 is 1.11 bits per heavy atom. The molecule has 0 unspecified atom stereocenters. The average Bonchev–Trinajstić information content (AvgIpc) is 2.49. The highest BCUT2D eigenvalue weighted by Gasteiger charge is 2.26. The van der Waals surface area contributed by atoms with Crippen molar-refractivity contribution in [2.24, 2.45) is 0 Å². The monoisotopic (exact) mass is 268 g/mol. The minimum Gasteiger partial charge on any atom is -0.394 e. The number of carbonyl (C=O) groups is 1. The number of nitrogens with one attached hydrogen (secondary N) is 2. The van der Waals surface area contributed by atoms with Crippen molar-refractivity contribution in [3.63, 3.8) is 0 Å². The fourth-order valence-corrected chi connectivity index (χ4v) is 1.53. The van der Waals surface area contributed by atoms with E-state index in [4.69, 9.17) is 15.3 Å². The maximum atomic E-state index is 11.4. The standard InChI is InChI=1S/C13H20N2O4/c1-14-12(19)11-4-2-10(3-5-11)6-15-13(7-16,8-17)9-18/h2-5,15-18H,6-9H2,1H3,(H,14,19). The maximum Gasteiger partial charge on any atom is 0.251 e. The van der Waals surface area contributed by atoms with Gasteiger partial charge in [0.1, 0.15) is 0 Å². The molecule has 106 valence electrons. The second kappa shape index (κ2) is 7.20. The number of hydrogen-bond donors (Lipinski definition) is 5. The Hall–Kier alpha value is -1.47. The van der Waals surface area contributed by atoms with Crippen LogP contribution in [0.3, 0.4) is 0 Å². The molecule has 0 bridgehead atoms. The number of amides is 1. The third-order valence-electron chi connectivity index (χ3n) is 3.02. The molecule has 0 aromatic heterocycles. The molecule has 1 aromatic carbocycles. The molecule has 1 amide bonds. The van der Waals surface area contributed by atoms with Gasteiger partial charge >= 0.3 is 0 Å². The molecule has 1 rings (SSSR count). The molecular formula is C13H20N2O4. The minimum atomic E-state index is -1.10. The predicted molar refractivity (Wildman–Crippen MR) is 70.7 cm³/mol. The van der Waals surface area contributed by atoms with Gasteiger partial charge in [0.15, 0.2) is 0 Å². The summed E-state index contributed by atoms with van der Waals surface area (Å²) in [5.74, 6) is -0.157. The van der Waals surface area contributed by atoms with E-state index in [0.717, 1.165) is 5.56 Å². The largest absolute Gasteiger partial charge is 0.394 e. The number of rotatable bonds is 7. The Bertz CT molecular complexity index is 393. The minimum absolute atomic E-state index is 0.157. The van der Waals surface area contributed by atoms with Gasteiger partial charge in [0.05, 0.1) is 25.4 Å². The summed E-state index contributed by atoms with van der Waals surface area (Å²) in [4.78, 5) is 11.4. The summed E-state index contributed by atoms with van der Waals surface area (Å²) in [6.45, 7) is -0.724. The van der Waals surface area contributed by atoms with Crippen LogP contribution in [0.5, 0.6) is 0 Å². The Balaban J connectivity index is 2.66. The number of carbonyl (C=O) groups excluding carboxylic acids is 1. The van der Waals surface area contributed by atoms with Crippen molar-refractivity contribution in [1.82, 2.24) is 10.6 Å². The highest BCUT2D eigenvalue weighted by atomic mass is 16.3. The lowest BCUT2D eigenvalue weighted by atomic mass is 10.0. The molecule has 0 spiro atoms. The first kappa shape index (κ1) is 15.6. The summed E-state index contributed by atoms with van der Waals surface area (Å²) in [5.41, 5.74) is 0.343. The molecule has 0 aliphatic heterocycles. The lowest BCUT2D eigenvalue weighted by Crippen LogP contribution is -2.54. The molecule has 6 heteroatoms. The number of aliphatic hydroxyl groups is 3. The van der Waals surface area contributed by atoms with Gasteiger partial charge < -0.3 is 26.0 Å². The number of hydrogen-bond acceptors (Lipinski definition) is 5. The molecular weight excluding hydrogens is 248 g/mol. The fourth-order valence-electron chi connectivity index (χ4n) is 1.53. The van der Waals surface area contributed by atoms with Gasteiger partial charge in [-0.3, -0.25) is 4.79 Å². The molecule has 0 aliphatic rings. The molecule has 0 atom stereocenters. The second-order valence-electron chi connectivity index (χ2n) is 4.38. The number of benzene rings is 1. The third kappa shape index (κ3) is 4.00. The van der Waals surface area contributed by atoms with Crippen LogP contribution in [0, 0.1) is 0 Å². The first-order chi connectivity index (χ1) is 9.10. The highest BCUT2D eigenvalue weighted by Crippen LogP contribution is 2.07. The van der Waals surface area contributed by atoms with Gasteiger partial charge in [-0.2, -0.15) is 0 Å². The third-order valence-corrected chi connectivity index (χ3v) is 3.02.